The number of halogens is 1. The van der Waals surface area contributed by atoms with Crippen molar-refractivity contribution in [3.63, 3.8) is 0 Å². The highest BCUT2D eigenvalue weighted by Gasteiger charge is 2.26. The maximum Gasteiger partial charge on any atom is 0.264 e. The van der Waals surface area contributed by atoms with E-state index in [0.29, 0.717) is 18.0 Å². The smallest absolute Gasteiger partial charge is 0.264 e. The molecule has 134 valence electrons. The van der Waals surface area contributed by atoms with E-state index in [1.807, 2.05) is 6.92 Å². The summed E-state index contributed by atoms with van der Waals surface area (Å²) in [5.74, 6) is -0.113. The van der Waals surface area contributed by atoms with Crippen molar-refractivity contribution >= 4 is 37.5 Å². The summed E-state index contributed by atoms with van der Waals surface area (Å²) in [5.41, 5.74) is 5.59. The van der Waals surface area contributed by atoms with E-state index in [1.54, 1.807) is 36.4 Å². The van der Waals surface area contributed by atoms with Crippen molar-refractivity contribution < 1.29 is 17.9 Å². The zero-order valence-electron chi connectivity index (χ0n) is 13.7. The average Bonchev–Trinajstić information content (AvgIpc) is 2.58. The highest BCUT2D eigenvalue weighted by Crippen LogP contribution is 2.26. The number of hydrogen-bond acceptors (Lipinski definition) is 4. The number of sulfonamides is 1. The van der Waals surface area contributed by atoms with E-state index in [1.165, 1.54) is 12.1 Å². The summed E-state index contributed by atoms with van der Waals surface area (Å²) in [6.07, 6.45) is 0.869. The summed E-state index contributed by atoms with van der Waals surface area (Å²) in [6.45, 7) is 2.11. The van der Waals surface area contributed by atoms with Gasteiger partial charge in [-0.3, -0.25) is 9.10 Å². The second-order valence-electron chi connectivity index (χ2n) is 5.27. The van der Waals surface area contributed by atoms with Crippen LogP contribution in [0, 0.1) is 0 Å². The van der Waals surface area contributed by atoms with Crippen molar-refractivity contribution in [3.05, 3.63) is 53.0 Å². The molecule has 6 nitrogen and oxygen atoms in total. The number of ether oxygens (including phenoxy) is 1. The van der Waals surface area contributed by atoms with Gasteiger partial charge in [-0.15, -0.1) is 0 Å². The Morgan fingerprint density at radius 3 is 2.24 bits per heavy atom. The summed E-state index contributed by atoms with van der Waals surface area (Å²) in [6, 6.07) is 12.7. The molecular formula is C17H19BrN2O4S. The minimum atomic E-state index is -3.92. The van der Waals surface area contributed by atoms with Gasteiger partial charge in [-0.25, -0.2) is 8.42 Å². The van der Waals surface area contributed by atoms with Crippen LogP contribution >= 0.6 is 15.9 Å². The summed E-state index contributed by atoms with van der Waals surface area (Å²) < 4.78 is 33.0. The number of nitrogens with two attached hydrogens (primary N) is 1. The molecule has 2 aromatic carbocycles. The molecule has 8 heteroatoms. The van der Waals surface area contributed by atoms with Gasteiger partial charge in [0.05, 0.1) is 17.2 Å². The van der Waals surface area contributed by atoms with Crippen molar-refractivity contribution in [2.45, 2.75) is 18.2 Å². The lowest BCUT2D eigenvalue weighted by Crippen LogP contribution is -2.38. The number of primary amides is 1. The molecule has 2 N–H and O–H groups in total. The first-order chi connectivity index (χ1) is 11.8. The molecule has 0 aliphatic heterocycles. The number of amides is 1. The van der Waals surface area contributed by atoms with Crippen LogP contribution in [0.1, 0.15) is 13.3 Å². The van der Waals surface area contributed by atoms with E-state index in [4.69, 9.17) is 10.5 Å². The minimum absolute atomic E-state index is 0.0725. The molecule has 0 fully saturated rings. The van der Waals surface area contributed by atoms with Gasteiger partial charge < -0.3 is 10.5 Å². The lowest BCUT2D eigenvalue weighted by atomic mass is 10.3. The third kappa shape index (κ3) is 4.96. The number of benzene rings is 2. The molecule has 0 bridgehead atoms. The van der Waals surface area contributed by atoms with Crippen LogP contribution in [0.15, 0.2) is 57.9 Å². The van der Waals surface area contributed by atoms with E-state index in [2.05, 4.69) is 15.9 Å². The van der Waals surface area contributed by atoms with E-state index in [0.717, 1.165) is 15.2 Å². The maximum atomic E-state index is 12.9. The quantitative estimate of drug-likeness (QED) is 0.702. The Kier molecular flexibility index (Phi) is 6.44. The number of anilines is 1. The molecule has 0 spiro atoms. The number of hydrogen-bond donors (Lipinski definition) is 1. The normalized spacial score (nSPS) is 11.1. The molecule has 0 heterocycles. The number of nitrogens with zero attached hydrogens (tertiary/aromatic N) is 1. The summed E-state index contributed by atoms with van der Waals surface area (Å²) >= 11 is 3.27. The van der Waals surface area contributed by atoms with Crippen molar-refractivity contribution in [1.82, 2.24) is 0 Å². The van der Waals surface area contributed by atoms with Gasteiger partial charge in [-0.2, -0.15) is 0 Å². The summed E-state index contributed by atoms with van der Waals surface area (Å²) in [4.78, 5) is 11.5. The Morgan fingerprint density at radius 2 is 1.72 bits per heavy atom. The average molecular weight is 427 g/mol. The van der Waals surface area contributed by atoms with Crippen LogP contribution in [0.3, 0.4) is 0 Å². The Bertz CT molecular complexity index is 821. The third-order valence-electron chi connectivity index (χ3n) is 3.30. The largest absolute Gasteiger partial charge is 0.494 e. The Labute approximate surface area is 155 Å². The first kappa shape index (κ1) is 19.3. The molecule has 0 radical (unpaired) electrons. The molecule has 0 aliphatic rings. The predicted molar refractivity (Wildman–Crippen MR) is 100 cm³/mol. The van der Waals surface area contributed by atoms with Crippen LogP contribution < -0.4 is 14.8 Å². The highest BCUT2D eigenvalue weighted by atomic mass is 79.9. The van der Waals surface area contributed by atoms with Crippen molar-refractivity contribution in [3.8, 4) is 5.75 Å². The first-order valence-corrected chi connectivity index (χ1v) is 9.87. The maximum absolute atomic E-state index is 12.9. The monoisotopic (exact) mass is 426 g/mol. The second-order valence-corrected chi connectivity index (χ2v) is 8.05. The zero-order valence-corrected chi connectivity index (χ0v) is 16.1. The molecule has 1 amide bonds. The number of carbonyl (C=O) groups is 1. The molecule has 0 saturated carbocycles. The van der Waals surface area contributed by atoms with Crippen LogP contribution in [-0.4, -0.2) is 27.5 Å². The van der Waals surface area contributed by atoms with E-state index >= 15 is 0 Å². The molecule has 0 aromatic heterocycles. The molecule has 0 unspecified atom stereocenters. The summed E-state index contributed by atoms with van der Waals surface area (Å²) in [5, 5.41) is 0. The second kappa shape index (κ2) is 8.35. The van der Waals surface area contributed by atoms with Crippen LogP contribution in [0.25, 0.3) is 0 Å². The molecule has 0 atom stereocenters. The third-order valence-corrected chi connectivity index (χ3v) is 5.62. The van der Waals surface area contributed by atoms with Gasteiger partial charge in [0, 0.05) is 4.47 Å². The van der Waals surface area contributed by atoms with Crippen LogP contribution in [-0.2, 0) is 14.8 Å². The fourth-order valence-electron chi connectivity index (χ4n) is 2.12. The van der Waals surface area contributed by atoms with Crippen molar-refractivity contribution in [2.75, 3.05) is 17.5 Å². The van der Waals surface area contributed by atoms with E-state index in [-0.39, 0.29) is 4.90 Å². The molecule has 2 aromatic rings. The summed E-state index contributed by atoms with van der Waals surface area (Å²) in [7, 11) is -3.92. The van der Waals surface area contributed by atoms with Crippen molar-refractivity contribution in [2.24, 2.45) is 5.73 Å². The highest BCUT2D eigenvalue weighted by molar-refractivity contribution is 9.10. The SMILES string of the molecule is CCCOc1ccc(N(CC(N)=O)S(=O)(=O)c2ccc(Br)cc2)cc1. The predicted octanol–water partition coefficient (Wildman–Crippen LogP) is 2.92. The molecule has 0 aliphatic carbocycles. The van der Waals surface area contributed by atoms with Gasteiger partial charge in [-0.05, 0) is 55.0 Å². The van der Waals surface area contributed by atoms with Gasteiger partial charge in [0.25, 0.3) is 10.0 Å². The van der Waals surface area contributed by atoms with E-state index in [9.17, 15) is 13.2 Å². The number of carbonyl (C=O) groups excluding carboxylic acids is 1. The van der Waals surface area contributed by atoms with Gasteiger partial charge in [0.1, 0.15) is 12.3 Å². The van der Waals surface area contributed by atoms with Gasteiger partial charge in [0.15, 0.2) is 0 Å². The first-order valence-electron chi connectivity index (χ1n) is 7.64. The Hall–Kier alpha value is -2.06. The van der Waals surface area contributed by atoms with E-state index < -0.39 is 22.5 Å². The standard InChI is InChI=1S/C17H19BrN2O4S/c1-2-11-24-15-7-5-14(6-8-15)20(12-17(19)21)25(22,23)16-9-3-13(18)4-10-16/h3-10H,2,11-12H2,1H3,(H2,19,21). The van der Waals surface area contributed by atoms with Gasteiger partial charge in [0.2, 0.25) is 5.91 Å². The molecule has 2 rings (SSSR count). The van der Waals surface area contributed by atoms with Crippen molar-refractivity contribution in [1.29, 1.82) is 0 Å². The fourth-order valence-corrected chi connectivity index (χ4v) is 3.81. The molecule has 25 heavy (non-hydrogen) atoms. The van der Waals surface area contributed by atoms with Crippen LogP contribution in [0.2, 0.25) is 0 Å². The van der Waals surface area contributed by atoms with Gasteiger partial charge in [-0.1, -0.05) is 22.9 Å². The Balaban J connectivity index is 2.38. The Morgan fingerprint density at radius 1 is 1.12 bits per heavy atom. The number of rotatable bonds is 8. The topological polar surface area (TPSA) is 89.7 Å². The minimum Gasteiger partial charge on any atom is -0.494 e. The van der Waals surface area contributed by atoms with Crippen LogP contribution in [0.4, 0.5) is 5.69 Å². The fraction of sp³-hybridized carbons (Fsp3) is 0.235. The molecular weight excluding hydrogens is 408 g/mol. The van der Waals surface area contributed by atoms with Gasteiger partial charge >= 0.3 is 0 Å². The lowest BCUT2D eigenvalue weighted by molar-refractivity contribution is -0.116. The molecule has 0 saturated heterocycles. The lowest BCUT2D eigenvalue weighted by Gasteiger charge is -2.23. The zero-order chi connectivity index (χ0) is 18.4. The van der Waals surface area contributed by atoms with Crippen LogP contribution in [0.5, 0.6) is 5.75 Å².